The molecule has 0 aliphatic carbocycles. The van der Waals surface area contributed by atoms with Gasteiger partial charge >= 0.3 is 0 Å². The van der Waals surface area contributed by atoms with Crippen molar-refractivity contribution in [3.8, 4) is 5.88 Å². The van der Waals surface area contributed by atoms with Crippen LogP contribution in [0.3, 0.4) is 0 Å². The van der Waals surface area contributed by atoms with Gasteiger partial charge in [0, 0.05) is 30.2 Å². The van der Waals surface area contributed by atoms with Gasteiger partial charge in [0.2, 0.25) is 5.91 Å². The highest BCUT2D eigenvalue weighted by Crippen LogP contribution is 2.32. The number of benzene rings is 2. The van der Waals surface area contributed by atoms with Crippen molar-refractivity contribution in [3.05, 3.63) is 47.5 Å². The second kappa shape index (κ2) is 6.73. The Morgan fingerprint density at radius 3 is 2.75 bits per heavy atom. The molecule has 8 nitrogen and oxygen atoms in total. The number of aromatic hydroxyl groups is 1. The number of nitrogens with one attached hydrogen (secondary N) is 2. The number of H-pyrrole nitrogens is 1. The van der Waals surface area contributed by atoms with Crippen LogP contribution in [0.25, 0.3) is 21.1 Å². The zero-order valence-corrected chi connectivity index (χ0v) is 16.1. The van der Waals surface area contributed by atoms with Crippen LogP contribution in [0.15, 0.2) is 51.8 Å². The van der Waals surface area contributed by atoms with Crippen LogP contribution in [-0.2, 0) is 14.8 Å². The Labute approximate surface area is 163 Å². The Morgan fingerprint density at radius 2 is 2.04 bits per heavy atom. The maximum Gasteiger partial charge on any atom is 0.264 e. The lowest BCUT2D eigenvalue weighted by molar-refractivity contribution is -0.117. The van der Waals surface area contributed by atoms with Gasteiger partial charge in [-0.25, -0.2) is 18.1 Å². The van der Waals surface area contributed by atoms with Crippen molar-refractivity contribution >= 4 is 60.3 Å². The lowest BCUT2D eigenvalue weighted by atomic mass is 10.1. The van der Waals surface area contributed by atoms with E-state index in [1.54, 1.807) is 29.9 Å². The second-order valence-electron chi connectivity index (χ2n) is 6.03. The summed E-state index contributed by atoms with van der Waals surface area (Å²) in [5.74, 6) is -0.574. The number of nitrogens with zero attached hydrogens (tertiary/aromatic N) is 2. The van der Waals surface area contributed by atoms with Crippen molar-refractivity contribution in [2.75, 3.05) is 0 Å². The van der Waals surface area contributed by atoms with E-state index in [1.807, 2.05) is 10.8 Å². The van der Waals surface area contributed by atoms with E-state index in [-0.39, 0.29) is 10.8 Å². The zero-order valence-electron chi connectivity index (χ0n) is 14.5. The first-order chi connectivity index (χ1) is 13.3. The maximum absolute atomic E-state index is 12.0. The molecule has 10 heteroatoms. The zero-order chi connectivity index (χ0) is 19.9. The molecule has 0 saturated carbocycles. The number of carbonyl (C=O) groups excluding carboxylic acids is 1. The van der Waals surface area contributed by atoms with Crippen LogP contribution in [0.5, 0.6) is 5.88 Å². The smallest absolute Gasteiger partial charge is 0.264 e. The van der Waals surface area contributed by atoms with Crippen molar-refractivity contribution in [2.24, 2.45) is 4.99 Å². The number of aliphatic imine (C=N–C) groups is 1. The van der Waals surface area contributed by atoms with Crippen LogP contribution in [0.2, 0.25) is 0 Å². The highest BCUT2D eigenvalue weighted by atomic mass is 32.2. The Hall–Kier alpha value is -3.24. The topological polar surface area (TPSA) is 125 Å². The molecule has 1 amide bonds. The van der Waals surface area contributed by atoms with Crippen molar-refractivity contribution in [1.82, 2.24) is 14.7 Å². The van der Waals surface area contributed by atoms with Crippen molar-refractivity contribution < 1.29 is 18.3 Å². The first-order valence-corrected chi connectivity index (χ1v) is 10.5. The first-order valence-electron chi connectivity index (χ1n) is 8.09. The predicted octanol–water partition coefficient (Wildman–Crippen LogP) is 3.06. The molecule has 4 rings (SSSR count). The van der Waals surface area contributed by atoms with Gasteiger partial charge in [-0.3, -0.25) is 9.79 Å². The molecule has 0 radical (unpaired) electrons. The summed E-state index contributed by atoms with van der Waals surface area (Å²) in [6, 6.07) is 9.34. The van der Waals surface area contributed by atoms with E-state index in [0.717, 1.165) is 33.6 Å². The highest BCUT2D eigenvalue weighted by molar-refractivity contribution is 7.90. The molecule has 3 N–H and O–H groups in total. The van der Waals surface area contributed by atoms with E-state index in [4.69, 9.17) is 0 Å². The lowest BCUT2D eigenvalue weighted by Gasteiger charge is -2.04. The number of aromatic amines is 1. The summed E-state index contributed by atoms with van der Waals surface area (Å²) in [5.41, 5.74) is 4.57. The normalized spacial score (nSPS) is 12.2. The van der Waals surface area contributed by atoms with Crippen LogP contribution in [0, 0.1) is 0 Å². The fourth-order valence-electron chi connectivity index (χ4n) is 2.83. The van der Waals surface area contributed by atoms with E-state index in [2.05, 4.69) is 15.0 Å². The molecule has 0 unspecified atom stereocenters. The molecular formula is C18H14N4O4S2. The molecule has 0 saturated heterocycles. The van der Waals surface area contributed by atoms with Crippen LogP contribution in [0.1, 0.15) is 12.5 Å². The number of rotatable bonds is 4. The molecular weight excluding hydrogens is 400 g/mol. The number of amides is 1. The van der Waals surface area contributed by atoms with Crippen LogP contribution >= 0.6 is 11.3 Å². The van der Waals surface area contributed by atoms with Crippen LogP contribution in [0.4, 0.5) is 5.69 Å². The summed E-state index contributed by atoms with van der Waals surface area (Å²) >= 11 is 1.47. The maximum atomic E-state index is 12.0. The number of thiazole rings is 1. The van der Waals surface area contributed by atoms with Gasteiger partial charge in [-0.05, 0) is 30.3 Å². The second-order valence-corrected chi connectivity index (χ2v) is 8.56. The standard InChI is InChI=1S/C18H14N4O4S2/c1-10(23)22-28(25,26)13-4-2-12(3-5-13)19-8-11-6-15-14(7-16(24)21-15)18-17(11)20-9-27-18/h2-9,21,24H,1H3,(H,22,23). The molecule has 4 aromatic rings. The average Bonchev–Trinajstić information content (AvgIpc) is 3.24. The summed E-state index contributed by atoms with van der Waals surface area (Å²) in [6.45, 7) is 1.14. The van der Waals surface area contributed by atoms with E-state index >= 15 is 0 Å². The SMILES string of the molecule is CC(=O)NS(=O)(=O)c1ccc(N=Cc2cc3[nH]c(O)cc3c3scnc23)cc1. The first kappa shape index (κ1) is 18.1. The molecule has 0 bridgehead atoms. The molecule has 0 aliphatic rings. The largest absolute Gasteiger partial charge is 0.495 e. The third kappa shape index (κ3) is 3.35. The molecule has 142 valence electrons. The minimum atomic E-state index is -3.87. The summed E-state index contributed by atoms with van der Waals surface area (Å²) in [6.07, 6.45) is 1.64. The molecule has 0 aliphatic heterocycles. The minimum Gasteiger partial charge on any atom is -0.495 e. The monoisotopic (exact) mass is 414 g/mol. The molecule has 0 fully saturated rings. The predicted molar refractivity (Wildman–Crippen MR) is 108 cm³/mol. The summed E-state index contributed by atoms with van der Waals surface area (Å²) in [7, 11) is -3.87. The Kier molecular flexibility index (Phi) is 4.36. The fraction of sp³-hybridized carbons (Fsp3) is 0.0556. The Balaban J connectivity index is 1.67. The number of fused-ring (bicyclic) bond motifs is 3. The van der Waals surface area contributed by atoms with Crippen molar-refractivity contribution in [2.45, 2.75) is 11.8 Å². The number of sulfonamides is 1. The summed E-state index contributed by atoms with van der Waals surface area (Å²) in [4.78, 5) is 22.6. The van der Waals surface area contributed by atoms with E-state index in [0.29, 0.717) is 5.69 Å². The summed E-state index contributed by atoms with van der Waals surface area (Å²) in [5, 5.41) is 10.6. The van der Waals surface area contributed by atoms with Gasteiger partial charge in [-0.1, -0.05) is 0 Å². The fourth-order valence-corrected chi connectivity index (χ4v) is 4.66. The van der Waals surface area contributed by atoms with Gasteiger partial charge in [0.05, 0.1) is 31.8 Å². The van der Waals surface area contributed by atoms with Gasteiger partial charge < -0.3 is 10.1 Å². The van der Waals surface area contributed by atoms with Gasteiger partial charge in [0.1, 0.15) is 0 Å². The van der Waals surface area contributed by atoms with Gasteiger partial charge in [0.15, 0.2) is 5.88 Å². The molecule has 0 spiro atoms. The molecule has 28 heavy (non-hydrogen) atoms. The van der Waals surface area contributed by atoms with Gasteiger partial charge in [-0.2, -0.15) is 0 Å². The van der Waals surface area contributed by atoms with Crippen molar-refractivity contribution in [1.29, 1.82) is 0 Å². The molecule has 0 atom stereocenters. The third-order valence-electron chi connectivity index (χ3n) is 4.00. The van der Waals surface area contributed by atoms with Gasteiger partial charge in [0.25, 0.3) is 10.0 Å². The number of carbonyl (C=O) groups is 1. The quantitative estimate of drug-likeness (QED) is 0.443. The van der Waals surface area contributed by atoms with Crippen LogP contribution in [-0.4, -0.2) is 35.6 Å². The molecule has 2 aromatic heterocycles. The lowest BCUT2D eigenvalue weighted by Crippen LogP contribution is -2.28. The Bertz CT molecular complexity index is 1340. The Morgan fingerprint density at radius 1 is 1.29 bits per heavy atom. The number of hydrogen-bond acceptors (Lipinski definition) is 7. The van der Waals surface area contributed by atoms with Gasteiger partial charge in [-0.15, -0.1) is 11.3 Å². The van der Waals surface area contributed by atoms with E-state index in [9.17, 15) is 18.3 Å². The van der Waals surface area contributed by atoms with E-state index in [1.165, 1.54) is 23.5 Å². The van der Waals surface area contributed by atoms with Crippen molar-refractivity contribution in [3.63, 3.8) is 0 Å². The van der Waals surface area contributed by atoms with E-state index < -0.39 is 15.9 Å². The number of hydrogen-bond donors (Lipinski definition) is 3. The van der Waals surface area contributed by atoms with Crippen LogP contribution < -0.4 is 4.72 Å². The minimum absolute atomic E-state index is 0.0215. The number of aromatic nitrogens is 2. The summed E-state index contributed by atoms with van der Waals surface area (Å²) < 4.78 is 26.8. The highest BCUT2D eigenvalue weighted by Gasteiger charge is 2.15. The molecule has 2 heterocycles. The third-order valence-corrected chi connectivity index (χ3v) is 6.31. The molecule has 2 aromatic carbocycles. The average molecular weight is 414 g/mol.